The molecule has 1 saturated heterocycles. The molecule has 1 unspecified atom stereocenters. The van der Waals surface area contributed by atoms with E-state index in [4.69, 9.17) is 10.5 Å². The van der Waals surface area contributed by atoms with Gasteiger partial charge in [-0.1, -0.05) is 30.3 Å². The molecule has 0 saturated carbocycles. The summed E-state index contributed by atoms with van der Waals surface area (Å²) in [6, 6.07) is 11.8. The minimum atomic E-state index is -0.524. The Kier molecular flexibility index (Phi) is 4.80. The van der Waals surface area contributed by atoms with Gasteiger partial charge in [-0.05, 0) is 11.6 Å². The van der Waals surface area contributed by atoms with Crippen LogP contribution in [0.2, 0.25) is 0 Å². The molecule has 23 heavy (non-hydrogen) atoms. The molecule has 7 nitrogen and oxygen atoms in total. The van der Waals surface area contributed by atoms with E-state index in [0.29, 0.717) is 19.0 Å². The normalized spacial score (nSPS) is 18.5. The van der Waals surface area contributed by atoms with Gasteiger partial charge in [-0.3, -0.25) is 9.69 Å². The molecule has 0 spiro atoms. The molecule has 3 N–H and O–H groups in total. The minimum absolute atomic E-state index is 0.123. The lowest BCUT2D eigenvalue weighted by atomic mass is 10.2. The standard InChI is InChI=1S/C16H19N5O2/c17-16-18-7-6-14(20-16)19-15(22)13-11-21(8-9-23-13)10-12-4-2-1-3-5-12/h1-7,13H,8-11H2,(H3,17,18,19,20,22). The third-order valence-corrected chi connectivity index (χ3v) is 3.62. The maximum Gasteiger partial charge on any atom is 0.255 e. The van der Waals surface area contributed by atoms with Gasteiger partial charge in [-0.25, -0.2) is 4.98 Å². The van der Waals surface area contributed by atoms with Crippen molar-refractivity contribution in [1.82, 2.24) is 14.9 Å². The molecule has 7 heteroatoms. The summed E-state index contributed by atoms with van der Waals surface area (Å²) < 4.78 is 5.58. The quantitative estimate of drug-likeness (QED) is 0.871. The Morgan fingerprint density at radius 2 is 2.17 bits per heavy atom. The maximum atomic E-state index is 12.3. The number of rotatable bonds is 4. The van der Waals surface area contributed by atoms with Gasteiger partial charge in [0.25, 0.3) is 5.91 Å². The molecule has 1 amide bonds. The van der Waals surface area contributed by atoms with E-state index in [9.17, 15) is 4.79 Å². The molecule has 120 valence electrons. The number of nitrogens with zero attached hydrogens (tertiary/aromatic N) is 3. The topological polar surface area (TPSA) is 93.4 Å². The predicted octanol–water partition coefficient (Wildman–Crippen LogP) is 0.898. The Hall–Kier alpha value is -2.51. The summed E-state index contributed by atoms with van der Waals surface area (Å²) in [5.74, 6) is 0.283. The summed E-state index contributed by atoms with van der Waals surface area (Å²) in [5, 5.41) is 2.72. The average molecular weight is 313 g/mol. The number of anilines is 2. The Balaban J connectivity index is 1.58. The number of carbonyl (C=O) groups excluding carboxylic acids is 1. The van der Waals surface area contributed by atoms with Crippen molar-refractivity contribution in [2.24, 2.45) is 0 Å². The molecular weight excluding hydrogens is 294 g/mol. The summed E-state index contributed by atoms with van der Waals surface area (Å²) in [4.78, 5) is 22.3. The number of morpholine rings is 1. The number of aromatic nitrogens is 2. The van der Waals surface area contributed by atoms with Gasteiger partial charge in [0.05, 0.1) is 6.61 Å². The second-order valence-electron chi connectivity index (χ2n) is 5.37. The molecule has 0 bridgehead atoms. The first-order valence-electron chi connectivity index (χ1n) is 7.48. The molecule has 1 aliphatic heterocycles. The molecule has 1 aliphatic rings. The predicted molar refractivity (Wildman–Crippen MR) is 86.5 cm³/mol. The second-order valence-corrected chi connectivity index (χ2v) is 5.37. The monoisotopic (exact) mass is 313 g/mol. The van der Waals surface area contributed by atoms with Crippen LogP contribution in [0.25, 0.3) is 0 Å². The van der Waals surface area contributed by atoms with Crippen molar-refractivity contribution in [3.8, 4) is 0 Å². The lowest BCUT2D eigenvalue weighted by molar-refractivity contribution is -0.133. The highest BCUT2D eigenvalue weighted by Gasteiger charge is 2.27. The van der Waals surface area contributed by atoms with Gasteiger partial charge >= 0.3 is 0 Å². The number of nitrogens with two attached hydrogens (primary N) is 1. The summed E-state index contributed by atoms with van der Waals surface area (Å²) in [6.45, 7) is 2.67. The lowest BCUT2D eigenvalue weighted by Gasteiger charge is -2.32. The number of carbonyl (C=O) groups is 1. The number of hydrogen-bond donors (Lipinski definition) is 2. The lowest BCUT2D eigenvalue weighted by Crippen LogP contribution is -2.47. The van der Waals surface area contributed by atoms with Crippen LogP contribution in [0.1, 0.15) is 5.56 Å². The van der Waals surface area contributed by atoms with E-state index >= 15 is 0 Å². The highest BCUT2D eigenvalue weighted by atomic mass is 16.5. The van der Waals surface area contributed by atoms with Crippen molar-refractivity contribution >= 4 is 17.7 Å². The van der Waals surface area contributed by atoms with Crippen molar-refractivity contribution in [2.45, 2.75) is 12.6 Å². The highest BCUT2D eigenvalue weighted by Crippen LogP contribution is 2.12. The van der Waals surface area contributed by atoms with E-state index in [1.807, 2.05) is 18.2 Å². The van der Waals surface area contributed by atoms with Gasteiger partial charge in [0.2, 0.25) is 5.95 Å². The first kappa shape index (κ1) is 15.4. The van der Waals surface area contributed by atoms with Gasteiger partial charge in [-0.15, -0.1) is 0 Å². The molecule has 0 radical (unpaired) electrons. The maximum absolute atomic E-state index is 12.3. The molecule has 1 fully saturated rings. The number of ether oxygens (including phenoxy) is 1. The molecule has 2 aromatic rings. The Labute approximate surface area is 134 Å². The van der Waals surface area contributed by atoms with Crippen LogP contribution in [0.15, 0.2) is 42.6 Å². The zero-order chi connectivity index (χ0) is 16.1. The molecule has 1 atom stereocenters. The Morgan fingerprint density at radius 1 is 1.35 bits per heavy atom. The summed E-state index contributed by atoms with van der Waals surface area (Å²) in [7, 11) is 0. The van der Waals surface area contributed by atoms with E-state index in [0.717, 1.165) is 13.1 Å². The number of amides is 1. The molecule has 2 heterocycles. The first-order chi connectivity index (χ1) is 11.2. The molecule has 1 aromatic carbocycles. The van der Waals surface area contributed by atoms with Crippen LogP contribution >= 0.6 is 0 Å². The van der Waals surface area contributed by atoms with Crippen LogP contribution in [0.3, 0.4) is 0 Å². The zero-order valence-electron chi connectivity index (χ0n) is 12.7. The average Bonchev–Trinajstić information content (AvgIpc) is 2.56. The van der Waals surface area contributed by atoms with Gasteiger partial charge in [0.15, 0.2) is 0 Å². The number of hydrogen-bond acceptors (Lipinski definition) is 6. The number of nitrogen functional groups attached to an aromatic ring is 1. The molecule has 3 rings (SSSR count). The van der Waals surface area contributed by atoms with Crippen LogP contribution in [0.5, 0.6) is 0 Å². The second kappa shape index (κ2) is 7.17. The molecule has 1 aromatic heterocycles. The Morgan fingerprint density at radius 3 is 2.96 bits per heavy atom. The fraction of sp³-hybridized carbons (Fsp3) is 0.312. The number of benzene rings is 1. The van der Waals surface area contributed by atoms with Gasteiger partial charge in [0, 0.05) is 25.8 Å². The smallest absolute Gasteiger partial charge is 0.255 e. The third-order valence-electron chi connectivity index (χ3n) is 3.62. The van der Waals surface area contributed by atoms with E-state index < -0.39 is 6.10 Å². The van der Waals surface area contributed by atoms with Crippen molar-refractivity contribution < 1.29 is 9.53 Å². The van der Waals surface area contributed by atoms with Gasteiger partial charge < -0.3 is 15.8 Å². The summed E-state index contributed by atoms with van der Waals surface area (Å²) in [5.41, 5.74) is 6.73. The van der Waals surface area contributed by atoms with Crippen molar-refractivity contribution in [3.63, 3.8) is 0 Å². The summed E-state index contributed by atoms with van der Waals surface area (Å²) in [6.07, 6.45) is 0.977. The van der Waals surface area contributed by atoms with Crippen LogP contribution in [0, 0.1) is 0 Å². The third kappa shape index (κ3) is 4.24. The zero-order valence-corrected chi connectivity index (χ0v) is 12.7. The van der Waals surface area contributed by atoms with E-state index in [2.05, 4.69) is 32.3 Å². The van der Waals surface area contributed by atoms with Gasteiger partial charge in [-0.2, -0.15) is 4.98 Å². The van der Waals surface area contributed by atoms with Crippen LogP contribution in [-0.2, 0) is 16.1 Å². The van der Waals surface area contributed by atoms with E-state index in [1.54, 1.807) is 6.07 Å². The molecule has 0 aliphatic carbocycles. The van der Waals surface area contributed by atoms with Gasteiger partial charge in [0.1, 0.15) is 11.9 Å². The van der Waals surface area contributed by atoms with Crippen molar-refractivity contribution in [1.29, 1.82) is 0 Å². The van der Waals surface area contributed by atoms with Crippen molar-refractivity contribution in [3.05, 3.63) is 48.2 Å². The van der Waals surface area contributed by atoms with Crippen molar-refractivity contribution in [2.75, 3.05) is 30.7 Å². The highest BCUT2D eigenvalue weighted by molar-refractivity contribution is 5.93. The minimum Gasteiger partial charge on any atom is -0.368 e. The van der Waals surface area contributed by atoms with Crippen LogP contribution < -0.4 is 11.1 Å². The SMILES string of the molecule is Nc1nccc(NC(=O)C2CN(Cc3ccccc3)CCO2)n1. The van der Waals surface area contributed by atoms with E-state index in [-0.39, 0.29) is 11.9 Å². The van der Waals surface area contributed by atoms with Crippen LogP contribution in [0.4, 0.5) is 11.8 Å². The molecular formula is C16H19N5O2. The largest absolute Gasteiger partial charge is 0.368 e. The summed E-state index contributed by atoms with van der Waals surface area (Å²) >= 11 is 0. The number of nitrogens with one attached hydrogen (secondary N) is 1. The fourth-order valence-corrected chi connectivity index (χ4v) is 2.50. The van der Waals surface area contributed by atoms with Crippen LogP contribution in [-0.4, -0.2) is 46.6 Å². The Bertz CT molecular complexity index is 665. The van der Waals surface area contributed by atoms with E-state index in [1.165, 1.54) is 11.8 Å². The first-order valence-corrected chi connectivity index (χ1v) is 7.48. The fourth-order valence-electron chi connectivity index (χ4n) is 2.50.